The first-order chi connectivity index (χ1) is 8.10. The van der Waals surface area contributed by atoms with E-state index in [-0.39, 0.29) is 0 Å². The van der Waals surface area contributed by atoms with Gasteiger partial charge in [0.25, 0.3) is 0 Å². The largest absolute Gasteiger partial charge is 0.372 e. The SMILES string of the molecule is C=C(NCC)N(C=N)c1ccc(C(C)C)cc1. The van der Waals surface area contributed by atoms with E-state index in [9.17, 15) is 0 Å². The van der Waals surface area contributed by atoms with Gasteiger partial charge in [0.1, 0.15) is 5.82 Å². The molecule has 0 aromatic heterocycles. The topological polar surface area (TPSA) is 39.1 Å². The third kappa shape index (κ3) is 3.34. The zero-order valence-electron chi connectivity index (χ0n) is 10.8. The number of hydrogen-bond acceptors (Lipinski definition) is 2. The highest BCUT2D eigenvalue weighted by molar-refractivity contribution is 5.80. The Morgan fingerprint density at radius 1 is 1.41 bits per heavy atom. The lowest BCUT2D eigenvalue weighted by atomic mass is 10.0. The second-order valence-corrected chi connectivity index (χ2v) is 4.22. The molecular formula is C14H21N3. The highest BCUT2D eigenvalue weighted by Crippen LogP contribution is 2.20. The maximum atomic E-state index is 7.44. The normalized spacial score (nSPS) is 10.1. The number of anilines is 1. The quantitative estimate of drug-likeness (QED) is 0.582. The molecule has 1 aromatic carbocycles. The van der Waals surface area contributed by atoms with E-state index in [0.717, 1.165) is 18.1 Å². The van der Waals surface area contributed by atoms with Crippen LogP contribution < -0.4 is 10.2 Å². The number of rotatable bonds is 6. The van der Waals surface area contributed by atoms with Crippen molar-refractivity contribution in [1.82, 2.24) is 5.32 Å². The molecule has 0 saturated carbocycles. The van der Waals surface area contributed by atoms with Crippen LogP contribution in [0.4, 0.5) is 5.69 Å². The van der Waals surface area contributed by atoms with Crippen LogP contribution in [0.5, 0.6) is 0 Å². The first-order valence-electron chi connectivity index (χ1n) is 5.92. The highest BCUT2D eigenvalue weighted by Gasteiger charge is 2.07. The van der Waals surface area contributed by atoms with Gasteiger partial charge < -0.3 is 5.32 Å². The van der Waals surface area contributed by atoms with Crippen LogP contribution in [0.2, 0.25) is 0 Å². The maximum absolute atomic E-state index is 7.44. The van der Waals surface area contributed by atoms with E-state index in [1.807, 2.05) is 19.1 Å². The molecule has 1 aromatic rings. The molecule has 0 fully saturated rings. The second-order valence-electron chi connectivity index (χ2n) is 4.22. The molecule has 0 bridgehead atoms. The van der Waals surface area contributed by atoms with Crippen LogP contribution in [0.15, 0.2) is 36.7 Å². The summed E-state index contributed by atoms with van der Waals surface area (Å²) < 4.78 is 0. The fraction of sp³-hybridized carbons (Fsp3) is 0.357. The minimum Gasteiger partial charge on any atom is -0.372 e. The second kappa shape index (κ2) is 6.09. The van der Waals surface area contributed by atoms with Crippen LogP contribution in [-0.2, 0) is 0 Å². The Morgan fingerprint density at radius 2 is 2.00 bits per heavy atom. The van der Waals surface area contributed by atoms with Gasteiger partial charge in [0.05, 0.1) is 6.34 Å². The van der Waals surface area contributed by atoms with Gasteiger partial charge in [0.15, 0.2) is 0 Å². The number of nitrogens with one attached hydrogen (secondary N) is 2. The average Bonchev–Trinajstić information content (AvgIpc) is 2.31. The highest BCUT2D eigenvalue weighted by atomic mass is 15.2. The van der Waals surface area contributed by atoms with E-state index in [4.69, 9.17) is 5.41 Å². The van der Waals surface area contributed by atoms with Crippen molar-refractivity contribution in [3.8, 4) is 0 Å². The van der Waals surface area contributed by atoms with Gasteiger partial charge in [-0.05, 0) is 30.5 Å². The zero-order chi connectivity index (χ0) is 12.8. The molecule has 0 aliphatic rings. The summed E-state index contributed by atoms with van der Waals surface area (Å²) in [6.07, 6.45) is 1.27. The van der Waals surface area contributed by atoms with Crippen molar-refractivity contribution in [2.45, 2.75) is 26.7 Å². The summed E-state index contributed by atoms with van der Waals surface area (Å²) in [7, 11) is 0. The molecular weight excluding hydrogens is 210 g/mol. The fourth-order valence-corrected chi connectivity index (χ4v) is 1.62. The van der Waals surface area contributed by atoms with Gasteiger partial charge in [-0.15, -0.1) is 0 Å². The van der Waals surface area contributed by atoms with Gasteiger partial charge in [-0.2, -0.15) is 0 Å². The van der Waals surface area contributed by atoms with Crippen LogP contribution >= 0.6 is 0 Å². The van der Waals surface area contributed by atoms with Gasteiger partial charge in [-0.25, -0.2) is 0 Å². The molecule has 1 rings (SSSR count). The predicted molar refractivity (Wildman–Crippen MR) is 74.6 cm³/mol. The van der Waals surface area contributed by atoms with E-state index in [1.54, 1.807) is 4.90 Å². The third-order valence-electron chi connectivity index (χ3n) is 2.64. The van der Waals surface area contributed by atoms with E-state index in [1.165, 1.54) is 11.9 Å². The van der Waals surface area contributed by atoms with Crippen LogP contribution in [-0.4, -0.2) is 12.9 Å². The summed E-state index contributed by atoms with van der Waals surface area (Å²) in [5.41, 5.74) is 2.25. The lowest BCUT2D eigenvalue weighted by Gasteiger charge is -2.22. The van der Waals surface area contributed by atoms with E-state index in [0.29, 0.717) is 5.92 Å². The number of hydrogen-bond donors (Lipinski definition) is 2. The Kier molecular flexibility index (Phi) is 4.76. The van der Waals surface area contributed by atoms with Crippen molar-refractivity contribution in [2.75, 3.05) is 11.4 Å². The Labute approximate surface area is 104 Å². The number of benzene rings is 1. The van der Waals surface area contributed by atoms with Gasteiger partial charge in [-0.1, -0.05) is 32.6 Å². The molecule has 0 spiro atoms. The minimum atomic E-state index is 0.523. The van der Waals surface area contributed by atoms with Crippen molar-refractivity contribution in [3.05, 3.63) is 42.2 Å². The lowest BCUT2D eigenvalue weighted by molar-refractivity contribution is 0.836. The Hall–Kier alpha value is -1.77. The molecule has 2 N–H and O–H groups in total. The van der Waals surface area contributed by atoms with Crippen LogP contribution in [0.1, 0.15) is 32.3 Å². The molecule has 0 atom stereocenters. The lowest BCUT2D eigenvalue weighted by Crippen LogP contribution is -2.29. The first kappa shape index (κ1) is 13.3. The average molecular weight is 231 g/mol. The zero-order valence-corrected chi connectivity index (χ0v) is 10.8. The maximum Gasteiger partial charge on any atom is 0.104 e. The Balaban J connectivity index is 2.89. The van der Waals surface area contributed by atoms with Gasteiger partial charge in [0.2, 0.25) is 0 Å². The Bertz CT molecular complexity index is 379. The van der Waals surface area contributed by atoms with Crippen molar-refractivity contribution in [3.63, 3.8) is 0 Å². The van der Waals surface area contributed by atoms with Crippen LogP contribution in [0, 0.1) is 5.41 Å². The van der Waals surface area contributed by atoms with Crippen molar-refractivity contribution < 1.29 is 0 Å². The molecule has 0 aliphatic heterocycles. The van der Waals surface area contributed by atoms with Crippen LogP contribution in [0.25, 0.3) is 0 Å². The molecule has 0 amide bonds. The fourth-order valence-electron chi connectivity index (χ4n) is 1.62. The van der Waals surface area contributed by atoms with E-state index in [2.05, 4.69) is 37.9 Å². The molecule has 3 nitrogen and oxygen atoms in total. The smallest absolute Gasteiger partial charge is 0.104 e. The van der Waals surface area contributed by atoms with E-state index >= 15 is 0 Å². The van der Waals surface area contributed by atoms with E-state index < -0.39 is 0 Å². The number of nitrogens with zero attached hydrogens (tertiary/aromatic N) is 1. The molecule has 0 aliphatic carbocycles. The molecule has 0 radical (unpaired) electrons. The summed E-state index contributed by atoms with van der Waals surface area (Å²) >= 11 is 0. The monoisotopic (exact) mass is 231 g/mol. The summed E-state index contributed by atoms with van der Waals surface area (Å²) in [4.78, 5) is 1.73. The summed E-state index contributed by atoms with van der Waals surface area (Å²) in [5, 5.41) is 10.6. The van der Waals surface area contributed by atoms with Gasteiger partial charge in [-0.3, -0.25) is 10.3 Å². The predicted octanol–water partition coefficient (Wildman–Crippen LogP) is 3.30. The first-order valence-corrected chi connectivity index (χ1v) is 5.92. The standard InChI is InChI=1S/C14H21N3/c1-5-16-12(4)17(10-15)14-8-6-13(7-9-14)11(2)3/h6-11,15-16H,4-5H2,1-3H3. The van der Waals surface area contributed by atoms with Crippen molar-refractivity contribution in [1.29, 1.82) is 5.41 Å². The molecule has 92 valence electrons. The van der Waals surface area contributed by atoms with Crippen molar-refractivity contribution in [2.24, 2.45) is 0 Å². The molecule has 0 saturated heterocycles. The summed E-state index contributed by atoms with van der Waals surface area (Å²) in [5.74, 6) is 1.24. The summed E-state index contributed by atoms with van der Waals surface area (Å²) in [6.45, 7) is 11.1. The molecule has 3 heteroatoms. The third-order valence-corrected chi connectivity index (χ3v) is 2.64. The summed E-state index contributed by atoms with van der Waals surface area (Å²) in [6, 6.07) is 8.22. The van der Waals surface area contributed by atoms with Gasteiger partial charge >= 0.3 is 0 Å². The molecule has 0 heterocycles. The molecule has 17 heavy (non-hydrogen) atoms. The van der Waals surface area contributed by atoms with Crippen molar-refractivity contribution >= 4 is 12.0 Å². The molecule has 0 unspecified atom stereocenters. The van der Waals surface area contributed by atoms with Gasteiger partial charge in [0, 0.05) is 12.2 Å². The minimum absolute atomic E-state index is 0.523. The van der Waals surface area contributed by atoms with Crippen LogP contribution in [0.3, 0.4) is 0 Å². The Morgan fingerprint density at radius 3 is 2.41 bits per heavy atom.